The number of hydrogen-bond donors (Lipinski definition) is 0. The van der Waals surface area contributed by atoms with E-state index in [0.717, 1.165) is 52.0 Å². The second-order valence-electron chi connectivity index (χ2n) is 12.1. The summed E-state index contributed by atoms with van der Waals surface area (Å²) < 4.78 is 40.6. The third-order valence-electron chi connectivity index (χ3n) is 9.09. The predicted molar refractivity (Wildman–Crippen MR) is 163 cm³/mol. The van der Waals surface area contributed by atoms with Gasteiger partial charge in [-0.2, -0.15) is 9.29 Å². The average Bonchev–Trinajstić information content (AvgIpc) is 3.73. The van der Waals surface area contributed by atoms with Crippen molar-refractivity contribution in [2.24, 2.45) is 5.41 Å². The van der Waals surface area contributed by atoms with Gasteiger partial charge in [0.05, 0.1) is 18.0 Å². The summed E-state index contributed by atoms with van der Waals surface area (Å²) in [6.07, 6.45) is 5.61. The van der Waals surface area contributed by atoms with Gasteiger partial charge in [0.1, 0.15) is 12.4 Å². The highest BCUT2D eigenvalue weighted by Gasteiger charge is 2.44. The molecule has 1 unspecified atom stereocenters. The number of aryl methyl sites for hydroxylation is 2. The Bertz CT molecular complexity index is 1500. The highest BCUT2D eigenvalue weighted by atomic mass is 32.2. The first-order chi connectivity index (χ1) is 20.3. The number of hydrogen-bond acceptors (Lipinski definition) is 8. The van der Waals surface area contributed by atoms with Crippen LogP contribution in [0.4, 0.5) is 5.95 Å². The second-order valence-corrected chi connectivity index (χ2v) is 14.0. The van der Waals surface area contributed by atoms with Crippen LogP contribution >= 0.6 is 0 Å². The van der Waals surface area contributed by atoms with E-state index in [1.165, 1.54) is 12.0 Å². The van der Waals surface area contributed by atoms with Crippen molar-refractivity contribution in [2.45, 2.75) is 57.0 Å². The number of anilines is 1. The summed E-state index contributed by atoms with van der Waals surface area (Å²) in [4.78, 5) is 14.5. The van der Waals surface area contributed by atoms with E-state index in [2.05, 4.69) is 45.1 Å². The fourth-order valence-corrected chi connectivity index (χ4v) is 9.13. The van der Waals surface area contributed by atoms with Crippen molar-refractivity contribution in [3.63, 3.8) is 0 Å². The third kappa shape index (κ3) is 5.85. The van der Waals surface area contributed by atoms with Crippen molar-refractivity contribution < 1.29 is 17.9 Å². The van der Waals surface area contributed by atoms with Gasteiger partial charge in [0.25, 0.3) is 0 Å². The van der Waals surface area contributed by atoms with Gasteiger partial charge in [0, 0.05) is 50.4 Å². The molecule has 0 amide bonds. The minimum Gasteiger partial charge on any atom is -0.497 e. The van der Waals surface area contributed by atoms with E-state index >= 15 is 0 Å². The number of ether oxygens (including phenoxy) is 2. The molecule has 3 aliphatic heterocycles. The Morgan fingerprint density at radius 2 is 1.76 bits per heavy atom. The maximum absolute atomic E-state index is 13.8. The zero-order valence-electron chi connectivity index (χ0n) is 24.8. The molecule has 3 aliphatic rings. The molecule has 9 nitrogen and oxygen atoms in total. The molecule has 4 heterocycles. The van der Waals surface area contributed by atoms with E-state index in [9.17, 15) is 8.42 Å². The van der Waals surface area contributed by atoms with E-state index in [-0.39, 0.29) is 18.1 Å². The highest BCUT2D eigenvalue weighted by molar-refractivity contribution is 7.89. The van der Waals surface area contributed by atoms with Crippen molar-refractivity contribution in [1.29, 1.82) is 0 Å². The Hall–Kier alpha value is -3.21. The maximum Gasteiger partial charge on any atom is 0.243 e. The Kier molecular flexibility index (Phi) is 8.13. The molecule has 2 atom stereocenters. The van der Waals surface area contributed by atoms with Gasteiger partial charge >= 0.3 is 0 Å². The molecule has 42 heavy (non-hydrogen) atoms. The van der Waals surface area contributed by atoms with Crippen LogP contribution < -0.4 is 14.4 Å². The lowest BCUT2D eigenvalue weighted by Crippen LogP contribution is -2.39. The van der Waals surface area contributed by atoms with E-state index in [1.807, 2.05) is 13.8 Å². The molecule has 3 saturated heterocycles. The molecule has 6 rings (SSSR count). The lowest BCUT2D eigenvalue weighted by molar-refractivity contribution is 0.225. The van der Waals surface area contributed by atoms with Gasteiger partial charge in [-0.3, -0.25) is 4.90 Å². The van der Waals surface area contributed by atoms with Gasteiger partial charge in [0.15, 0.2) is 0 Å². The normalized spacial score (nSPS) is 23.2. The number of benzene rings is 2. The van der Waals surface area contributed by atoms with Gasteiger partial charge in [-0.15, -0.1) is 0 Å². The van der Waals surface area contributed by atoms with Crippen LogP contribution in [0.2, 0.25) is 0 Å². The summed E-state index contributed by atoms with van der Waals surface area (Å²) >= 11 is 0. The Labute approximate surface area is 249 Å². The molecule has 1 spiro atoms. The Morgan fingerprint density at radius 1 is 1.00 bits per heavy atom. The van der Waals surface area contributed by atoms with E-state index in [1.54, 1.807) is 35.8 Å². The largest absolute Gasteiger partial charge is 0.497 e. The van der Waals surface area contributed by atoms with Gasteiger partial charge in [-0.05, 0) is 74.9 Å². The van der Waals surface area contributed by atoms with E-state index in [0.29, 0.717) is 40.1 Å². The van der Waals surface area contributed by atoms with E-state index < -0.39 is 10.0 Å². The summed E-state index contributed by atoms with van der Waals surface area (Å²) in [6.45, 7) is 9.44. The molecule has 0 radical (unpaired) electrons. The van der Waals surface area contributed by atoms with Crippen LogP contribution in [0, 0.1) is 19.3 Å². The minimum atomic E-state index is -3.68. The van der Waals surface area contributed by atoms with Gasteiger partial charge in [0.2, 0.25) is 21.9 Å². The van der Waals surface area contributed by atoms with Crippen LogP contribution in [0.1, 0.15) is 42.4 Å². The summed E-state index contributed by atoms with van der Waals surface area (Å²) in [5.74, 6) is 1.83. The minimum absolute atomic E-state index is 0.251. The molecule has 3 fully saturated rings. The fourth-order valence-electron chi connectivity index (χ4n) is 7.03. The Balaban J connectivity index is 1.09. The maximum atomic E-state index is 13.8. The molecule has 0 saturated carbocycles. The Morgan fingerprint density at radius 3 is 2.52 bits per heavy atom. The number of aromatic nitrogens is 2. The molecule has 10 heteroatoms. The number of rotatable bonds is 9. The highest BCUT2D eigenvalue weighted by Crippen LogP contribution is 2.41. The average molecular weight is 592 g/mol. The molecule has 0 aliphatic carbocycles. The van der Waals surface area contributed by atoms with Gasteiger partial charge < -0.3 is 14.4 Å². The summed E-state index contributed by atoms with van der Waals surface area (Å²) in [7, 11) is -2.10. The zero-order chi connectivity index (χ0) is 29.3. The first kappa shape index (κ1) is 28.9. The third-order valence-corrected chi connectivity index (χ3v) is 11.3. The summed E-state index contributed by atoms with van der Waals surface area (Å²) in [6, 6.07) is 15.7. The molecule has 224 valence electrons. The first-order valence-corrected chi connectivity index (χ1v) is 16.3. The second kappa shape index (κ2) is 11.8. The van der Waals surface area contributed by atoms with Crippen LogP contribution in [0.3, 0.4) is 0 Å². The summed E-state index contributed by atoms with van der Waals surface area (Å²) in [5.41, 5.74) is 3.01. The standard InChI is InChI=1S/C32H41N5O4S/c1-24-18-28(40-3)19-25(2)30(24)42(38,39)37-15-7-10-27(37)21-41-29-11-14-33-31(34-29)36-17-13-32(23-36)12-16-35(22-32)20-26-8-5-4-6-9-26/h4-6,8-9,11,14,18-19,27H,7,10,12-13,15-17,20-23H2,1-3H3/t27-,32?/m0/s1. The van der Waals surface area contributed by atoms with Crippen molar-refractivity contribution in [2.75, 3.05) is 51.3 Å². The lowest BCUT2D eigenvalue weighted by Gasteiger charge is -2.26. The number of sulfonamides is 1. The van der Waals surface area contributed by atoms with Gasteiger partial charge in [-0.1, -0.05) is 30.3 Å². The molecule has 0 bridgehead atoms. The van der Waals surface area contributed by atoms with Crippen LogP contribution in [0.15, 0.2) is 59.6 Å². The first-order valence-electron chi connectivity index (χ1n) is 14.9. The molecule has 1 aromatic heterocycles. The molecule has 0 N–H and O–H groups in total. The number of nitrogens with zero attached hydrogens (tertiary/aromatic N) is 5. The number of likely N-dealkylation sites (tertiary alicyclic amines) is 1. The quantitative estimate of drug-likeness (QED) is 0.361. The SMILES string of the molecule is COc1cc(C)c(S(=O)(=O)N2CCC[C@H]2COc2ccnc(N3CCC4(CCN(Cc5ccccc5)C4)C3)n2)c(C)c1. The fraction of sp³-hybridized carbons (Fsp3) is 0.500. The predicted octanol–water partition coefficient (Wildman–Crippen LogP) is 4.44. The van der Waals surface area contributed by atoms with Crippen LogP contribution in [0.25, 0.3) is 0 Å². The lowest BCUT2D eigenvalue weighted by atomic mass is 9.86. The molecule has 3 aromatic rings. The van der Waals surface area contributed by atoms with Gasteiger partial charge in [-0.25, -0.2) is 13.4 Å². The van der Waals surface area contributed by atoms with Crippen LogP contribution in [-0.2, 0) is 16.6 Å². The molecular formula is C32H41N5O4S. The van der Waals surface area contributed by atoms with Crippen molar-refractivity contribution in [3.8, 4) is 11.6 Å². The monoisotopic (exact) mass is 591 g/mol. The number of methoxy groups -OCH3 is 1. The molecule has 2 aromatic carbocycles. The van der Waals surface area contributed by atoms with Crippen LogP contribution in [0.5, 0.6) is 11.6 Å². The zero-order valence-corrected chi connectivity index (χ0v) is 25.6. The van der Waals surface area contributed by atoms with Crippen LogP contribution in [-0.4, -0.2) is 80.1 Å². The van der Waals surface area contributed by atoms with E-state index in [4.69, 9.17) is 14.5 Å². The van der Waals surface area contributed by atoms with Crippen molar-refractivity contribution in [1.82, 2.24) is 19.2 Å². The smallest absolute Gasteiger partial charge is 0.243 e. The topological polar surface area (TPSA) is 88.1 Å². The summed E-state index contributed by atoms with van der Waals surface area (Å²) in [5, 5.41) is 0. The molecular weight excluding hydrogens is 550 g/mol. The van der Waals surface area contributed by atoms with Crippen molar-refractivity contribution in [3.05, 3.63) is 71.4 Å². The van der Waals surface area contributed by atoms with Crippen molar-refractivity contribution >= 4 is 16.0 Å².